The number of nitrogens with one attached hydrogen (secondary N) is 1. The highest BCUT2D eigenvalue weighted by atomic mass is 32.1. The Labute approximate surface area is 90.3 Å². The number of aromatic nitrogens is 2. The van der Waals surface area contributed by atoms with Crippen molar-refractivity contribution >= 4 is 12.2 Å². The fourth-order valence-corrected chi connectivity index (χ4v) is 2.55. The molecule has 1 aliphatic rings. The maximum atomic E-state index is 5.31. The number of hydrogen-bond donors (Lipinski definition) is 1. The average molecular weight is 210 g/mol. The largest absolute Gasteiger partial charge is 0.301 e. The molecular formula is C11H18N2S. The molecule has 1 fully saturated rings. The van der Waals surface area contributed by atoms with Crippen LogP contribution in [0.25, 0.3) is 0 Å². The van der Waals surface area contributed by atoms with Gasteiger partial charge in [0.15, 0.2) is 0 Å². The Morgan fingerprint density at radius 3 is 2.86 bits per heavy atom. The second-order valence-corrected chi connectivity index (χ2v) is 4.60. The highest BCUT2D eigenvalue weighted by molar-refractivity contribution is 7.71. The Hall–Kier alpha value is -0.570. The van der Waals surface area contributed by atoms with Gasteiger partial charge in [-0.25, -0.2) is 0 Å². The first-order chi connectivity index (χ1) is 6.81. The summed E-state index contributed by atoms with van der Waals surface area (Å²) in [4.78, 5) is 0. The molecule has 2 nitrogen and oxygen atoms in total. The molecule has 1 saturated carbocycles. The zero-order chi connectivity index (χ0) is 9.97. The third-order valence-corrected chi connectivity index (χ3v) is 3.39. The van der Waals surface area contributed by atoms with Crippen molar-refractivity contribution in [1.82, 2.24) is 9.78 Å². The smallest absolute Gasteiger partial charge is 0.122 e. The van der Waals surface area contributed by atoms with E-state index in [0.29, 0.717) is 0 Å². The Balaban J connectivity index is 2.18. The number of aromatic amines is 1. The van der Waals surface area contributed by atoms with Gasteiger partial charge in [-0.3, -0.25) is 4.68 Å². The van der Waals surface area contributed by atoms with E-state index in [-0.39, 0.29) is 0 Å². The summed E-state index contributed by atoms with van der Waals surface area (Å²) in [5, 5.41) is 3.44. The van der Waals surface area contributed by atoms with E-state index in [2.05, 4.69) is 22.8 Å². The van der Waals surface area contributed by atoms with Crippen molar-refractivity contribution in [3.05, 3.63) is 16.4 Å². The minimum Gasteiger partial charge on any atom is -0.301 e. The van der Waals surface area contributed by atoms with Crippen LogP contribution in [0.4, 0.5) is 0 Å². The van der Waals surface area contributed by atoms with Gasteiger partial charge in [0.05, 0.1) is 0 Å². The molecule has 1 aliphatic carbocycles. The predicted molar refractivity (Wildman–Crippen MR) is 61.1 cm³/mol. The van der Waals surface area contributed by atoms with Crippen LogP contribution in [-0.2, 0) is 6.54 Å². The lowest BCUT2D eigenvalue weighted by Crippen LogP contribution is -2.01. The van der Waals surface area contributed by atoms with E-state index >= 15 is 0 Å². The Morgan fingerprint density at radius 2 is 2.21 bits per heavy atom. The van der Waals surface area contributed by atoms with E-state index in [1.54, 1.807) is 0 Å². The summed E-state index contributed by atoms with van der Waals surface area (Å²) in [6.45, 7) is 3.20. The van der Waals surface area contributed by atoms with Gasteiger partial charge in [0, 0.05) is 18.2 Å². The molecule has 1 aromatic heterocycles. The molecule has 2 rings (SSSR count). The fraction of sp³-hybridized carbons (Fsp3) is 0.727. The average Bonchev–Trinajstić information content (AvgIpc) is 2.76. The molecule has 14 heavy (non-hydrogen) atoms. The second kappa shape index (κ2) is 4.30. The molecular weight excluding hydrogens is 192 g/mol. The minimum atomic E-state index is 0.745. The first-order valence-corrected chi connectivity index (χ1v) is 6.02. The molecule has 3 heteroatoms. The van der Waals surface area contributed by atoms with Crippen LogP contribution in [0.3, 0.4) is 0 Å². The standard InChI is InChI=1S/C11H18N2S/c1-2-7-13-11(14)8-10(12-13)9-5-3-4-6-9/h8-9,12H,2-7H2,1H3. The SMILES string of the molecule is CCCn1[nH]c(C2CCCC2)cc1=S. The van der Waals surface area contributed by atoms with Gasteiger partial charge in [-0.1, -0.05) is 32.0 Å². The first kappa shape index (κ1) is 9.97. The summed E-state index contributed by atoms with van der Waals surface area (Å²) in [7, 11) is 0. The molecule has 1 heterocycles. The zero-order valence-electron chi connectivity index (χ0n) is 8.75. The van der Waals surface area contributed by atoms with E-state index in [0.717, 1.165) is 23.5 Å². The van der Waals surface area contributed by atoms with Gasteiger partial charge < -0.3 is 5.10 Å². The van der Waals surface area contributed by atoms with Crippen LogP contribution >= 0.6 is 12.2 Å². The fourth-order valence-electron chi connectivity index (χ4n) is 2.29. The van der Waals surface area contributed by atoms with Gasteiger partial charge in [-0.15, -0.1) is 0 Å². The molecule has 0 radical (unpaired) electrons. The molecule has 0 aliphatic heterocycles. The zero-order valence-corrected chi connectivity index (χ0v) is 9.57. The highest BCUT2D eigenvalue weighted by Gasteiger charge is 2.18. The van der Waals surface area contributed by atoms with Crippen molar-refractivity contribution in [1.29, 1.82) is 0 Å². The maximum absolute atomic E-state index is 5.31. The van der Waals surface area contributed by atoms with E-state index < -0.39 is 0 Å². The van der Waals surface area contributed by atoms with Gasteiger partial charge in [0.1, 0.15) is 4.64 Å². The van der Waals surface area contributed by atoms with Crippen LogP contribution < -0.4 is 0 Å². The normalized spacial score (nSPS) is 17.8. The van der Waals surface area contributed by atoms with Crippen molar-refractivity contribution < 1.29 is 0 Å². The van der Waals surface area contributed by atoms with Crippen LogP contribution in [0, 0.1) is 4.64 Å². The summed E-state index contributed by atoms with van der Waals surface area (Å²) in [6.07, 6.45) is 6.57. The third-order valence-electron chi connectivity index (χ3n) is 3.05. The quantitative estimate of drug-likeness (QED) is 0.756. The Bertz CT molecular complexity index is 344. The van der Waals surface area contributed by atoms with Gasteiger partial charge in [0.2, 0.25) is 0 Å². The number of rotatable bonds is 3. The van der Waals surface area contributed by atoms with Crippen molar-refractivity contribution in [2.24, 2.45) is 0 Å². The van der Waals surface area contributed by atoms with Crippen molar-refractivity contribution in [3.8, 4) is 0 Å². The Morgan fingerprint density at radius 1 is 1.50 bits per heavy atom. The number of aryl methyl sites for hydroxylation is 1. The molecule has 1 aromatic rings. The molecule has 0 spiro atoms. The second-order valence-electron chi connectivity index (χ2n) is 4.18. The number of H-pyrrole nitrogens is 1. The summed E-state index contributed by atoms with van der Waals surface area (Å²) in [6, 6.07) is 2.15. The van der Waals surface area contributed by atoms with Crippen LogP contribution in [0.15, 0.2) is 6.07 Å². The van der Waals surface area contributed by atoms with Crippen LogP contribution in [0.2, 0.25) is 0 Å². The number of nitrogens with zero attached hydrogens (tertiary/aromatic N) is 1. The minimum absolute atomic E-state index is 0.745. The molecule has 1 N–H and O–H groups in total. The highest BCUT2D eigenvalue weighted by Crippen LogP contribution is 2.33. The van der Waals surface area contributed by atoms with E-state index in [1.807, 2.05) is 0 Å². The predicted octanol–water partition coefficient (Wildman–Crippen LogP) is 3.61. The molecule has 0 aromatic carbocycles. The summed E-state index contributed by atoms with van der Waals surface area (Å²) in [5.74, 6) is 0.745. The topological polar surface area (TPSA) is 20.7 Å². The first-order valence-electron chi connectivity index (χ1n) is 5.61. The molecule has 0 atom stereocenters. The van der Waals surface area contributed by atoms with Gasteiger partial charge in [-0.05, 0) is 25.3 Å². The van der Waals surface area contributed by atoms with Gasteiger partial charge >= 0.3 is 0 Å². The summed E-state index contributed by atoms with van der Waals surface area (Å²) >= 11 is 5.31. The molecule has 0 bridgehead atoms. The lowest BCUT2D eigenvalue weighted by molar-refractivity contribution is 0.572. The van der Waals surface area contributed by atoms with Crippen LogP contribution in [0.1, 0.15) is 50.6 Å². The van der Waals surface area contributed by atoms with E-state index in [4.69, 9.17) is 12.2 Å². The van der Waals surface area contributed by atoms with Crippen molar-refractivity contribution in [3.63, 3.8) is 0 Å². The monoisotopic (exact) mass is 210 g/mol. The Kier molecular flexibility index (Phi) is 3.06. The van der Waals surface area contributed by atoms with Gasteiger partial charge in [-0.2, -0.15) is 0 Å². The van der Waals surface area contributed by atoms with E-state index in [1.165, 1.54) is 31.4 Å². The van der Waals surface area contributed by atoms with Crippen molar-refractivity contribution in [2.45, 2.75) is 51.5 Å². The molecule has 0 unspecified atom stereocenters. The maximum Gasteiger partial charge on any atom is 0.122 e. The summed E-state index contributed by atoms with van der Waals surface area (Å²) < 4.78 is 3.07. The van der Waals surface area contributed by atoms with Crippen LogP contribution in [0.5, 0.6) is 0 Å². The molecule has 0 amide bonds. The van der Waals surface area contributed by atoms with E-state index in [9.17, 15) is 0 Å². The number of hydrogen-bond acceptors (Lipinski definition) is 1. The summed E-state index contributed by atoms with van der Waals surface area (Å²) in [5.41, 5.74) is 1.36. The van der Waals surface area contributed by atoms with Gasteiger partial charge in [0.25, 0.3) is 0 Å². The van der Waals surface area contributed by atoms with Crippen LogP contribution in [-0.4, -0.2) is 9.78 Å². The van der Waals surface area contributed by atoms with Crippen molar-refractivity contribution in [2.75, 3.05) is 0 Å². The third kappa shape index (κ3) is 1.92. The molecule has 0 saturated heterocycles. The lowest BCUT2D eigenvalue weighted by Gasteiger charge is -2.05. The molecule has 78 valence electrons. The lowest BCUT2D eigenvalue weighted by atomic mass is 10.1.